The Bertz CT molecular complexity index is 1360. The van der Waals surface area contributed by atoms with E-state index in [1.165, 1.54) is 5.56 Å². The maximum Gasteiger partial charge on any atom is 0.243 e. The molecule has 2 fully saturated rings. The number of unbranched alkanes of at least 4 members (excludes halogenated alkanes) is 1. The van der Waals surface area contributed by atoms with Gasteiger partial charge < -0.3 is 19.9 Å². The molecule has 0 saturated carbocycles. The van der Waals surface area contributed by atoms with Crippen LogP contribution in [0.3, 0.4) is 0 Å². The van der Waals surface area contributed by atoms with Crippen molar-refractivity contribution in [3.63, 3.8) is 0 Å². The largest absolute Gasteiger partial charge is 0.392 e. The number of hydroxylamine groups is 1. The monoisotopic (exact) mass is 630 g/mol. The van der Waals surface area contributed by atoms with Crippen molar-refractivity contribution in [2.75, 3.05) is 32.7 Å². The Hall–Kier alpha value is -3.64. The summed E-state index contributed by atoms with van der Waals surface area (Å²) in [7, 11) is 0. The van der Waals surface area contributed by atoms with Gasteiger partial charge in [0.05, 0.1) is 18.8 Å². The Kier molecular flexibility index (Phi) is 12.7. The molecule has 2 heterocycles. The minimum Gasteiger partial charge on any atom is -0.392 e. The third kappa shape index (κ3) is 10.2. The molecule has 0 radical (unpaired) electrons. The van der Waals surface area contributed by atoms with Gasteiger partial charge in [-0.15, -0.1) is 0 Å². The van der Waals surface area contributed by atoms with Crippen molar-refractivity contribution in [2.45, 2.75) is 70.3 Å². The summed E-state index contributed by atoms with van der Waals surface area (Å²) < 4.78 is 13.1. The molecule has 5 rings (SSSR count). The fourth-order valence-corrected chi connectivity index (χ4v) is 6.00. The summed E-state index contributed by atoms with van der Waals surface area (Å²) in [6.07, 6.45) is 1.69. The first-order valence-corrected chi connectivity index (χ1v) is 16.3. The van der Waals surface area contributed by atoms with Crippen molar-refractivity contribution in [1.82, 2.24) is 20.6 Å². The van der Waals surface area contributed by atoms with Crippen LogP contribution in [-0.2, 0) is 38.8 Å². The van der Waals surface area contributed by atoms with Crippen LogP contribution < -0.4 is 10.8 Å². The first-order chi connectivity index (χ1) is 22.5. The lowest BCUT2D eigenvalue weighted by Gasteiger charge is -2.40. The van der Waals surface area contributed by atoms with Crippen LogP contribution in [0.25, 0.3) is 0 Å². The molecule has 46 heavy (non-hydrogen) atoms. The topological polar surface area (TPSA) is 124 Å². The van der Waals surface area contributed by atoms with Crippen molar-refractivity contribution >= 4 is 11.8 Å². The summed E-state index contributed by atoms with van der Waals surface area (Å²) in [4.78, 5) is 28.3. The van der Waals surface area contributed by atoms with E-state index in [9.17, 15) is 14.7 Å². The highest BCUT2D eigenvalue weighted by atomic mass is 16.7. The number of nitrogens with zero attached hydrogens (tertiary/aromatic N) is 2. The standard InChI is InChI=1S/C36H46N4O6/c41-26-29-12-14-30(15-13-29)33-22-32(25-40-20-18-39(19-21-40)24-28-6-2-1-3-7-28)45-36(46-33)31-16-10-27(11-17-31)23-37-34(42)8-4-5-9-35(43)38-44/h1-3,6-7,10-17,32-33,36,41,44H,4-5,8-9,18-26H2,(H,37,42)(H,38,43)/t32-,33+,36+/m1/s1. The molecule has 2 amide bonds. The summed E-state index contributed by atoms with van der Waals surface area (Å²) in [5, 5.41) is 21.0. The number of aliphatic hydroxyl groups is 1. The number of hydrogen-bond donors (Lipinski definition) is 4. The van der Waals surface area contributed by atoms with Gasteiger partial charge in [0.25, 0.3) is 0 Å². The van der Waals surface area contributed by atoms with Crippen LogP contribution in [0.1, 0.15) is 72.3 Å². The van der Waals surface area contributed by atoms with E-state index >= 15 is 0 Å². The Balaban J connectivity index is 1.16. The maximum atomic E-state index is 12.2. The average molecular weight is 631 g/mol. The van der Waals surface area contributed by atoms with Gasteiger partial charge in [-0.25, -0.2) is 5.48 Å². The van der Waals surface area contributed by atoms with Gasteiger partial charge in [-0.1, -0.05) is 78.9 Å². The number of amides is 2. The van der Waals surface area contributed by atoms with E-state index in [0.717, 1.165) is 67.9 Å². The minimum absolute atomic E-state index is 0.00652. The van der Waals surface area contributed by atoms with Crippen LogP contribution in [0.15, 0.2) is 78.9 Å². The third-order valence-corrected chi connectivity index (χ3v) is 8.71. The van der Waals surface area contributed by atoms with Crippen LogP contribution in [0, 0.1) is 0 Å². The van der Waals surface area contributed by atoms with Gasteiger partial charge >= 0.3 is 0 Å². The maximum absolute atomic E-state index is 12.2. The second kappa shape index (κ2) is 17.3. The summed E-state index contributed by atoms with van der Waals surface area (Å²) in [6.45, 7) is 6.24. The predicted molar refractivity (Wildman–Crippen MR) is 173 cm³/mol. The number of nitrogens with one attached hydrogen (secondary N) is 2. The lowest BCUT2D eigenvalue weighted by molar-refractivity contribution is -0.253. The number of carbonyl (C=O) groups excluding carboxylic acids is 2. The Morgan fingerprint density at radius 2 is 1.37 bits per heavy atom. The Labute approximate surface area is 271 Å². The normalized spacial score (nSPS) is 20.7. The van der Waals surface area contributed by atoms with Crippen LogP contribution >= 0.6 is 0 Å². The van der Waals surface area contributed by atoms with Crippen LogP contribution in [0.4, 0.5) is 0 Å². The van der Waals surface area contributed by atoms with Gasteiger partial charge in [0.15, 0.2) is 6.29 Å². The highest BCUT2D eigenvalue weighted by Gasteiger charge is 2.33. The minimum atomic E-state index is -0.527. The lowest BCUT2D eigenvalue weighted by Crippen LogP contribution is -2.49. The van der Waals surface area contributed by atoms with Crippen molar-refractivity contribution in [1.29, 1.82) is 0 Å². The number of piperazine rings is 1. The highest BCUT2D eigenvalue weighted by Crippen LogP contribution is 2.38. The van der Waals surface area contributed by atoms with Crippen molar-refractivity contribution < 1.29 is 29.4 Å². The third-order valence-electron chi connectivity index (χ3n) is 8.71. The summed E-state index contributed by atoms with van der Waals surface area (Å²) >= 11 is 0. The van der Waals surface area contributed by atoms with E-state index in [0.29, 0.717) is 25.8 Å². The number of rotatable bonds is 14. The Morgan fingerprint density at radius 1 is 0.739 bits per heavy atom. The quantitative estimate of drug-likeness (QED) is 0.119. The molecule has 3 aromatic rings. The van der Waals surface area contributed by atoms with Crippen LogP contribution in [0.2, 0.25) is 0 Å². The fourth-order valence-electron chi connectivity index (χ4n) is 6.00. The van der Waals surface area contributed by atoms with E-state index in [4.69, 9.17) is 14.7 Å². The van der Waals surface area contributed by atoms with Crippen molar-refractivity contribution in [2.24, 2.45) is 0 Å². The van der Waals surface area contributed by atoms with E-state index in [2.05, 4.69) is 45.4 Å². The van der Waals surface area contributed by atoms with Crippen molar-refractivity contribution in [3.05, 3.63) is 107 Å². The molecule has 0 spiro atoms. The molecule has 0 bridgehead atoms. The second-order valence-electron chi connectivity index (χ2n) is 12.2. The van der Waals surface area contributed by atoms with E-state index in [-0.39, 0.29) is 31.1 Å². The molecule has 0 aliphatic carbocycles. The van der Waals surface area contributed by atoms with Gasteiger partial charge in [0.1, 0.15) is 0 Å². The van der Waals surface area contributed by atoms with E-state index in [1.807, 2.05) is 48.5 Å². The SMILES string of the molecule is O=C(CCCCC(=O)NCc1ccc([C@H]2O[C@@H](CN3CCN(Cc4ccccc4)CC3)C[C@@H](c3ccc(CO)cc3)O2)cc1)NO. The van der Waals surface area contributed by atoms with Crippen molar-refractivity contribution in [3.8, 4) is 0 Å². The molecule has 3 aromatic carbocycles. The van der Waals surface area contributed by atoms with Gasteiger partial charge in [-0.05, 0) is 35.1 Å². The second-order valence-corrected chi connectivity index (χ2v) is 12.2. The molecule has 3 atom stereocenters. The molecule has 246 valence electrons. The van der Waals surface area contributed by atoms with E-state index in [1.54, 1.807) is 5.48 Å². The average Bonchev–Trinajstić information content (AvgIpc) is 3.10. The number of aliphatic hydroxyl groups excluding tert-OH is 1. The number of ether oxygens (including phenoxy) is 2. The molecular weight excluding hydrogens is 584 g/mol. The molecule has 4 N–H and O–H groups in total. The van der Waals surface area contributed by atoms with Crippen LogP contribution in [0.5, 0.6) is 0 Å². The molecule has 0 aromatic heterocycles. The number of hydrogen-bond acceptors (Lipinski definition) is 8. The van der Waals surface area contributed by atoms with Crippen LogP contribution in [-0.4, -0.2) is 70.8 Å². The number of benzene rings is 3. The van der Waals surface area contributed by atoms with Gasteiger partial charge in [-0.2, -0.15) is 0 Å². The fraction of sp³-hybridized carbons (Fsp3) is 0.444. The molecule has 2 aliphatic heterocycles. The smallest absolute Gasteiger partial charge is 0.243 e. The van der Waals surface area contributed by atoms with Gasteiger partial charge in [-0.3, -0.25) is 24.6 Å². The highest BCUT2D eigenvalue weighted by molar-refractivity contribution is 5.76. The molecule has 2 aliphatic rings. The first kappa shape index (κ1) is 33.7. The van der Waals surface area contributed by atoms with Gasteiger partial charge in [0.2, 0.25) is 11.8 Å². The zero-order valence-corrected chi connectivity index (χ0v) is 26.4. The number of carbonyl (C=O) groups is 2. The molecule has 10 nitrogen and oxygen atoms in total. The Morgan fingerprint density at radius 3 is 2.04 bits per heavy atom. The molecule has 10 heteroatoms. The summed E-state index contributed by atoms with van der Waals surface area (Å²) in [5.74, 6) is -0.521. The first-order valence-electron chi connectivity index (χ1n) is 16.3. The zero-order valence-electron chi connectivity index (χ0n) is 26.4. The molecule has 2 saturated heterocycles. The summed E-state index contributed by atoms with van der Waals surface area (Å²) in [6, 6.07) is 26.5. The lowest BCUT2D eigenvalue weighted by atomic mass is 9.99. The zero-order chi connectivity index (χ0) is 32.1. The predicted octanol–water partition coefficient (Wildman–Crippen LogP) is 4.22. The molecular formula is C36H46N4O6. The van der Waals surface area contributed by atoms with Gasteiger partial charge in [0, 0.05) is 70.6 Å². The molecule has 0 unspecified atom stereocenters. The van der Waals surface area contributed by atoms with E-state index < -0.39 is 12.2 Å². The summed E-state index contributed by atoms with van der Waals surface area (Å²) in [5.41, 5.74) is 6.77.